The summed E-state index contributed by atoms with van der Waals surface area (Å²) in [4.78, 5) is 35.6. The second kappa shape index (κ2) is 10.1. The molecule has 0 spiro atoms. The maximum Gasteiger partial charge on any atom is 0.255 e. The number of hydrogen-bond donors (Lipinski definition) is 3. The number of amides is 2. The summed E-state index contributed by atoms with van der Waals surface area (Å²) in [7, 11) is 0. The number of nitrogens with zero attached hydrogens (tertiary/aromatic N) is 3. The second-order valence-corrected chi connectivity index (χ2v) is 8.72. The molecule has 0 saturated carbocycles. The molecule has 1 unspecified atom stereocenters. The number of fused-ring (bicyclic) bond motifs is 1. The van der Waals surface area contributed by atoms with Crippen LogP contribution in [0.2, 0.25) is 10.3 Å². The zero-order valence-corrected chi connectivity index (χ0v) is 19.7. The first-order valence-corrected chi connectivity index (χ1v) is 11.3. The van der Waals surface area contributed by atoms with E-state index in [4.69, 9.17) is 23.2 Å². The third-order valence-electron chi connectivity index (χ3n) is 5.72. The van der Waals surface area contributed by atoms with Gasteiger partial charge in [0.15, 0.2) is 0 Å². The molecule has 4 rings (SSSR count). The van der Waals surface area contributed by atoms with E-state index < -0.39 is 36.6 Å². The van der Waals surface area contributed by atoms with E-state index in [1.165, 1.54) is 11.1 Å². The molecule has 1 aliphatic rings. The van der Waals surface area contributed by atoms with Gasteiger partial charge in [-0.15, -0.1) is 0 Å². The molecule has 8 nitrogen and oxygen atoms in total. The summed E-state index contributed by atoms with van der Waals surface area (Å²) in [5.74, 6) is -0.972. The third kappa shape index (κ3) is 4.76. The van der Waals surface area contributed by atoms with Gasteiger partial charge in [0.2, 0.25) is 11.2 Å². The number of carbonyl (C=O) groups excluding carboxylic acids is 2. The molecule has 34 heavy (non-hydrogen) atoms. The lowest BCUT2D eigenvalue weighted by Gasteiger charge is -2.29. The minimum Gasteiger partial charge on any atom is -0.394 e. The number of nitrogens with one attached hydrogen (secondary N) is 1. The summed E-state index contributed by atoms with van der Waals surface area (Å²) < 4.78 is 0. The molecule has 1 aliphatic heterocycles. The van der Waals surface area contributed by atoms with Crippen LogP contribution >= 0.6 is 23.2 Å². The highest BCUT2D eigenvalue weighted by Gasteiger charge is 2.37. The van der Waals surface area contributed by atoms with Crippen LogP contribution in [0.4, 0.5) is 0 Å². The molecule has 10 heteroatoms. The van der Waals surface area contributed by atoms with E-state index in [2.05, 4.69) is 15.3 Å². The van der Waals surface area contributed by atoms with Gasteiger partial charge < -0.3 is 20.4 Å². The number of carbonyl (C=O) groups is 2. The van der Waals surface area contributed by atoms with Gasteiger partial charge in [-0.3, -0.25) is 9.59 Å². The first-order chi connectivity index (χ1) is 16.3. The van der Waals surface area contributed by atoms with Crippen molar-refractivity contribution in [3.63, 3.8) is 0 Å². The van der Waals surface area contributed by atoms with E-state index in [-0.39, 0.29) is 16.9 Å². The van der Waals surface area contributed by atoms with Gasteiger partial charge in [0.05, 0.1) is 35.7 Å². The van der Waals surface area contributed by atoms with E-state index in [9.17, 15) is 19.8 Å². The Hall–Kier alpha value is -3.04. The lowest BCUT2D eigenvalue weighted by molar-refractivity contribution is -0.128. The van der Waals surface area contributed by atoms with E-state index in [1.807, 2.05) is 6.07 Å². The van der Waals surface area contributed by atoms with Gasteiger partial charge in [0.25, 0.3) is 5.91 Å². The van der Waals surface area contributed by atoms with Gasteiger partial charge in [-0.2, -0.15) is 0 Å². The fourth-order valence-corrected chi connectivity index (χ4v) is 4.32. The molecule has 176 valence electrons. The van der Waals surface area contributed by atoms with Crippen LogP contribution in [-0.2, 0) is 11.3 Å². The van der Waals surface area contributed by atoms with E-state index >= 15 is 0 Å². The highest BCUT2D eigenvalue weighted by Crippen LogP contribution is 2.32. The lowest BCUT2D eigenvalue weighted by atomic mass is 10.0. The SMILES string of the molecule is C[C@H](O)C(NC(=O)[C@@H](CO)N1Cc2ccc(-c3nc(Cl)ncc3Cl)cc2C1=O)c1ccccc1. The molecule has 0 radical (unpaired) electrons. The van der Waals surface area contributed by atoms with Crippen LogP contribution in [0.1, 0.15) is 34.5 Å². The average Bonchev–Trinajstić information content (AvgIpc) is 3.15. The van der Waals surface area contributed by atoms with Crippen molar-refractivity contribution in [3.05, 3.63) is 81.7 Å². The monoisotopic (exact) mass is 500 g/mol. The van der Waals surface area contributed by atoms with Crippen molar-refractivity contribution in [2.24, 2.45) is 0 Å². The van der Waals surface area contributed by atoms with Gasteiger partial charge >= 0.3 is 0 Å². The Balaban J connectivity index is 1.57. The van der Waals surface area contributed by atoms with E-state index in [0.717, 1.165) is 0 Å². The first kappa shape index (κ1) is 24.1. The predicted octanol–water partition coefficient (Wildman–Crippen LogP) is 3.01. The van der Waals surface area contributed by atoms with Crippen molar-refractivity contribution in [2.45, 2.75) is 31.7 Å². The summed E-state index contributed by atoms with van der Waals surface area (Å²) in [5.41, 5.74) is 2.75. The fourth-order valence-electron chi connectivity index (χ4n) is 3.99. The first-order valence-electron chi connectivity index (χ1n) is 10.6. The molecule has 2 amide bonds. The number of rotatable bonds is 7. The van der Waals surface area contributed by atoms with Gasteiger partial charge in [-0.1, -0.05) is 54.1 Å². The van der Waals surface area contributed by atoms with Gasteiger partial charge in [-0.25, -0.2) is 9.97 Å². The zero-order valence-electron chi connectivity index (χ0n) is 18.2. The molecule has 0 bridgehead atoms. The Morgan fingerprint density at radius 2 is 1.94 bits per heavy atom. The Morgan fingerprint density at radius 1 is 1.21 bits per heavy atom. The standard InChI is InChI=1S/C24H22Cl2N4O4/c1-13(32)20(14-5-3-2-4-6-14)28-22(33)19(12-31)30-11-16-8-7-15(9-17(16)23(30)34)21-18(25)10-27-24(26)29-21/h2-10,13,19-20,31-32H,11-12H2,1H3,(H,28,33)/t13-,19+,20?/m0/s1. The van der Waals surface area contributed by atoms with E-state index in [0.29, 0.717) is 27.9 Å². The highest BCUT2D eigenvalue weighted by atomic mass is 35.5. The van der Waals surface area contributed by atoms with Gasteiger partial charge in [0, 0.05) is 17.7 Å². The van der Waals surface area contributed by atoms with Crippen LogP contribution in [0.25, 0.3) is 11.3 Å². The van der Waals surface area contributed by atoms with Crippen molar-refractivity contribution in [1.29, 1.82) is 0 Å². The van der Waals surface area contributed by atoms with Crippen molar-refractivity contribution in [2.75, 3.05) is 6.61 Å². The number of benzene rings is 2. The molecule has 0 fully saturated rings. The number of halogens is 2. The summed E-state index contributed by atoms with van der Waals surface area (Å²) in [5, 5.41) is 23.3. The van der Waals surface area contributed by atoms with Gasteiger partial charge in [0.1, 0.15) is 6.04 Å². The maximum absolute atomic E-state index is 13.2. The van der Waals surface area contributed by atoms with Crippen LogP contribution < -0.4 is 5.32 Å². The van der Waals surface area contributed by atoms with Crippen molar-refractivity contribution in [3.8, 4) is 11.3 Å². The maximum atomic E-state index is 13.2. The molecule has 0 saturated heterocycles. The van der Waals surface area contributed by atoms with Crippen molar-refractivity contribution >= 4 is 35.0 Å². The predicted molar refractivity (Wildman–Crippen MR) is 127 cm³/mol. The number of hydrogen-bond acceptors (Lipinski definition) is 6. The summed E-state index contributed by atoms with van der Waals surface area (Å²) in [6.45, 7) is 1.14. The normalized spacial score (nSPS) is 15.6. The van der Waals surface area contributed by atoms with Crippen LogP contribution in [0.3, 0.4) is 0 Å². The summed E-state index contributed by atoms with van der Waals surface area (Å²) >= 11 is 12.1. The molecule has 3 atom stereocenters. The number of aromatic nitrogens is 2. The van der Waals surface area contributed by atoms with Crippen LogP contribution in [0.15, 0.2) is 54.7 Å². The molecular weight excluding hydrogens is 479 g/mol. The van der Waals surface area contributed by atoms with Crippen LogP contribution in [-0.4, -0.2) is 55.6 Å². The third-order valence-corrected chi connectivity index (χ3v) is 6.18. The topological polar surface area (TPSA) is 116 Å². The lowest BCUT2D eigenvalue weighted by Crippen LogP contribution is -2.51. The smallest absolute Gasteiger partial charge is 0.255 e. The molecule has 2 heterocycles. The fraction of sp³-hybridized carbons (Fsp3) is 0.250. The molecule has 2 aromatic carbocycles. The highest BCUT2D eigenvalue weighted by molar-refractivity contribution is 6.33. The molecule has 1 aromatic heterocycles. The molecule has 3 N–H and O–H groups in total. The van der Waals surface area contributed by atoms with Crippen molar-refractivity contribution in [1.82, 2.24) is 20.2 Å². The Labute approximate surface area is 206 Å². The average molecular weight is 501 g/mol. The summed E-state index contributed by atoms with van der Waals surface area (Å²) in [6.07, 6.45) is 0.495. The second-order valence-electron chi connectivity index (χ2n) is 7.98. The minimum atomic E-state index is -1.13. The van der Waals surface area contributed by atoms with Crippen LogP contribution in [0, 0.1) is 0 Å². The largest absolute Gasteiger partial charge is 0.394 e. The summed E-state index contributed by atoms with van der Waals surface area (Å²) in [6, 6.07) is 12.3. The Kier molecular flexibility index (Phi) is 7.13. The quantitative estimate of drug-likeness (QED) is 0.429. The zero-order chi connectivity index (χ0) is 24.4. The minimum absolute atomic E-state index is 0.0240. The Bertz CT molecular complexity index is 1220. The number of aliphatic hydroxyl groups is 2. The molecular formula is C24H22Cl2N4O4. The van der Waals surface area contributed by atoms with Crippen LogP contribution in [0.5, 0.6) is 0 Å². The van der Waals surface area contributed by atoms with E-state index in [1.54, 1.807) is 49.4 Å². The molecule has 0 aliphatic carbocycles. The van der Waals surface area contributed by atoms with Crippen molar-refractivity contribution < 1.29 is 19.8 Å². The van der Waals surface area contributed by atoms with Gasteiger partial charge in [-0.05, 0) is 35.7 Å². The number of aliphatic hydroxyl groups excluding tert-OH is 2. The Morgan fingerprint density at radius 3 is 2.62 bits per heavy atom. The molecule has 3 aromatic rings.